The molecule has 0 unspecified atom stereocenters. The van der Waals surface area contributed by atoms with E-state index in [9.17, 15) is 0 Å². The van der Waals surface area contributed by atoms with Gasteiger partial charge in [-0.3, -0.25) is 0 Å². The van der Waals surface area contributed by atoms with E-state index in [-0.39, 0.29) is 16.4 Å². The van der Waals surface area contributed by atoms with Crippen molar-refractivity contribution in [3.63, 3.8) is 0 Å². The van der Waals surface area contributed by atoms with Crippen LogP contribution in [0.3, 0.4) is 0 Å². The molecule has 1 heterocycles. The highest BCUT2D eigenvalue weighted by atomic mass is 32.2. The summed E-state index contributed by atoms with van der Waals surface area (Å²) in [6, 6.07) is 3.92. The van der Waals surface area contributed by atoms with Gasteiger partial charge >= 0.3 is 0 Å². The van der Waals surface area contributed by atoms with Crippen LogP contribution < -0.4 is 0 Å². The fraction of sp³-hybridized carbons (Fsp3) is 0.200. The third-order valence-electron chi connectivity index (χ3n) is 0.767. The summed E-state index contributed by atoms with van der Waals surface area (Å²) in [7, 11) is 0.0602. The van der Waals surface area contributed by atoms with E-state index >= 15 is 0 Å². The summed E-state index contributed by atoms with van der Waals surface area (Å²) in [4.78, 5) is 0. The summed E-state index contributed by atoms with van der Waals surface area (Å²) >= 11 is 0. The topological polar surface area (TPSA) is 20.2 Å². The summed E-state index contributed by atoms with van der Waals surface area (Å²) in [5.41, 5.74) is 0. The molecule has 0 aliphatic carbocycles. The fourth-order valence-electron chi connectivity index (χ4n) is 0.424. The van der Waals surface area contributed by atoms with Gasteiger partial charge in [0.05, 0.1) is 0 Å². The number of hydrogen-bond donors (Lipinski definition) is 1. The number of thiophene rings is 1. The standard InChI is InChI=1S/C5H7OS/c6-5-7-3-1-2-4-7/h1-4,6H,5H2/q+1. The summed E-state index contributed by atoms with van der Waals surface area (Å²) < 4.78 is 0. The van der Waals surface area contributed by atoms with Crippen LogP contribution in [0.2, 0.25) is 0 Å². The second-order valence-corrected chi connectivity index (χ2v) is 3.00. The lowest BCUT2D eigenvalue weighted by Gasteiger charge is -1.69. The fourth-order valence-corrected chi connectivity index (χ4v) is 1.27. The molecule has 1 aromatic heterocycles. The lowest BCUT2D eigenvalue weighted by Crippen LogP contribution is -1.59. The van der Waals surface area contributed by atoms with Crippen molar-refractivity contribution in [3.05, 3.63) is 22.9 Å². The molecule has 0 aromatic carbocycles. The van der Waals surface area contributed by atoms with Gasteiger partial charge in [0.1, 0.15) is 10.8 Å². The first kappa shape index (κ1) is 4.81. The third-order valence-corrected chi connectivity index (χ3v) is 2.08. The van der Waals surface area contributed by atoms with Crippen molar-refractivity contribution >= 4 is 10.5 Å². The molecule has 1 N–H and O–H groups in total. The van der Waals surface area contributed by atoms with Gasteiger partial charge in [-0.05, 0) is 12.1 Å². The molecule has 0 saturated carbocycles. The van der Waals surface area contributed by atoms with Crippen LogP contribution in [-0.4, -0.2) is 5.11 Å². The van der Waals surface area contributed by atoms with E-state index in [1.165, 1.54) is 0 Å². The zero-order chi connectivity index (χ0) is 5.11. The minimum atomic E-state index is 0.0602. The summed E-state index contributed by atoms with van der Waals surface area (Å²) in [5.74, 6) is 0.271. The van der Waals surface area contributed by atoms with Crippen LogP contribution in [0.25, 0.3) is 0 Å². The van der Waals surface area contributed by atoms with Crippen molar-refractivity contribution in [1.82, 2.24) is 0 Å². The normalized spacial score (nSPS) is 9.29. The lowest BCUT2D eigenvalue weighted by molar-refractivity contribution is 0.323. The quantitative estimate of drug-likeness (QED) is 0.548. The summed E-state index contributed by atoms with van der Waals surface area (Å²) in [6.07, 6.45) is 0. The summed E-state index contributed by atoms with van der Waals surface area (Å²) in [6.45, 7) is 0. The van der Waals surface area contributed by atoms with E-state index in [0.717, 1.165) is 0 Å². The van der Waals surface area contributed by atoms with Crippen LogP contribution in [0, 0.1) is 0 Å². The van der Waals surface area contributed by atoms with Crippen LogP contribution in [0.4, 0.5) is 0 Å². The Balaban J connectivity index is 2.76. The second-order valence-electron chi connectivity index (χ2n) is 1.26. The molecule has 2 heteroatoms. The lowest BCUT2D eigenvalue weighted by atomic mass is 10.7. The number of rotatable bonds is 1. The maximum absolute atomic E-state index is 8.48. The van der Waals surface area contributed by atoms with E-state index in [2.05, 4.69) is 0 Å². The summed E-state index contributed by atoms with van der Waals surface area (Å²) in [5, 5.41) is 12.5. The zero-order valence-electron chi connectivity index (χ0n) is 3.87. The first-order valence-corrected chi connectivity index (χ1v) is 3.60. The Morgan fingerprint density at radius 3 is 2.14 bits per heavy atom. The number of aliphatic hydroxyl groups excluding tert-OH is 1. The molecule has 0 saturated heterocycles. The average Bonchev–Trinajstić information content (AvgIpc) is 2.14. The SMILES string of the molecule is OC[s+]1cccc1. The Labute approximate surface area is 45.2 Å². The van der Waals surface area contributed by atoms with Crippen LogP contribution in [0.5, 0.6) is 0 Å². The number of aliphatic hydroxyl groups is 1. The monoisotopic (exact) mass is 115 g/mol. The van der Waals surface area contributed by atoms with Crippen LogP contribution in [0.1, 0.15) is 0 Å². The Bertz CT molecular complexity index is 123. The van der Waals surface area contributed by atoms with Gasteiger partial charge in [0.2, 0.25) is 5.94 Å². The Kier molecular flexibility index (Phi) is 1.44. The molecule has 1 nitrogen and oxygen atoms in total. The Morgan fingerprint density at radius 1 is 1.29 bits per heavy atom. The van der Waals surface area contributed by atoms with Gasteiger partial charge in [-0.25, -0.2) is 0 Å². The maximum Gasteiger partial charge on any atom is 0.225 e. The molecule has 0 fully saturated rings. The van der Waals surface area contributed by atoms with Gasteiger partial charge in [0, 0.05) is 10.5 Å². The van der Waals surface area contributed by atoms with Gasteiger partial charge in [0.15, 0.2) is 0 Å². The van der Waals surface area contributed by atoms with Gasteiger partial charge in [-0.2, -0.15) is 0 Å². The van der Waals surface area contributed by atoms with E-state index in [0.29, 0.717) is 0 Å². The number of hydrogen-bond acceptors (Lipinski definition) is 1. The van der Waals surface area contributed by atoms with Crippen molar-refractivity contribution in [2.45, 2.75) is 5.94 Å². The van der Waals surface area contributed by atoms with E-state index in [1.54, 1.807) is 0 Å². The zero-order valence-corrected chi connectivity index (χ0v) is 4.69. The minimum absolute atomic E-state index is 0.0602. The molecule has 38 valence electrons. The molecule has 0 aliphatic rings. The highest BCUT2D eigenvalue weighted by Crippen LogP contribution is 2.14. The first-order chi connectivity index (χ1) is 3.43. The van der Waals surface area contributed by atoms with Crippen molar-refractivity contribution in [3.8, 4) is 0 Å². The molecule has 0 amide bonds. The minimum Gasteiger partial charge on any atom is -0.348 e. The third kappa shape index (κ3) is 1.01. The molecule has 7 heavy (non-hydrogen) atoms. The molecular formula is C5H7OS+. The molecule has 0 aliphatic heterocycles. The van der Waals surface area contributed by atoms with Crippen molar-refractivity contribution in [2.75, 3.05) is 0 Å². The molecular weight excluding hydrogens is 108 g/mol. The largest absolute Gasteiger partial charge is 0.348 e. The smallest absolute Gasteiger partial charge is 0.225 e. The Morgan fingerprint density at radius 2 is 1.86 bits per heavy atom. The molecule has 0 radical (unpaired) electrons. The molecule has 0 atom stereocenters. The molecule has 1 aromatic rings. The molecule has 1 rings (SSSR count). The highest BCUT2D eigenvalue weighted by molar-refractivity contribution is 7.27. The first-order valence-electron chi connectivity index (χ1n) is 2.08. The Hall–Kier alpha value is -0.340. The van der Waals surface area contributed by atoms with Gasteiger partial charge < -0.3 is 5.11 Å². The van der Waals surface area contributed by atoms with Gasteiger partial charge in [0.25, 0.3) is 0 Å². The van der Waals surface area contributed by atoms with Crippen LogP contribution >= 0.6 is 10.5 Å². The van der Waals surface area contributed by atoms with E-state index in [1.807, 2.05) is 22.9 Å². The van der Waals surface area contributed by atoms with Crippen molar-refractivity contribution < 1.29 is 5.11 Å². The van der Waals surface area contributed by atoms with Gasteiger partial charge in [-0.15, -0.1) is 0 Å². The predicted molar refractivity (Wildman–Crippen MR) is 31.1 cm³/mol. The molecule has 0 spiro atoms. The van der Waals surface area contributed by atoms with Gasteiger partial charge in [-0.1, -0.05) is 0 Å². The second kappa shape index (κ2) is 2.09. The van der Waals surface area contributed by atoms with E-state index in [4.69, 9.17) is 5.11 Å². The highest BCUT2D eigenvalue weighted by Gasteiger charge is 1.93. The van der Waals surface area contributed by atoms with Crippen molar-refractivity contribution in [2.24, 2.45) is 0 Å². The van der Waals surface area contributed by atoms with Crippen molar-refractivity contribution in [1.29, 1.82) is 0 Å². The molecule has 0 bridgehead atoms. The maximum atomic E-state index is 8.48. The van der Waals surface area contributed by atoms with E-state index < -0.39 is 0 Å². The van der Waals surface area contributed by atoms with Crippen LogP contribution in [0.15, 0.2) is 22.9 Å². The average molecular weight is 115 g/mol. The van der Waals surface area contributed by atoms with Crippen LogP contribution in [-0.2, 0) is 5.94 Å². The predicted octanol–water partition coefficient (Wildman–Crippen LogP) is 1.39.